The van der Waals surface area contributed by atoms with Gasteiger partial charge in [0.1, 0.15) is 5.70 Å². The van der Waals surface area contributed by atoms with Gasteiger partial charge in [-0.15, -0.1) is 0 Å². The molecule has 0 bridgehead atoms. The van der Waals surface area contributed by atoms with Gasteiger partial charge in [-0.05, 0) is 48.7 Å². The first kappa shape index (κ1) is 19.2. The van der Waals surface area contributed by atoms with Gasteiger partial charge in [0.05, 0.1) is 11.3 Å². The fourth-order valence-corrected chi connectivity index (χ4v) is 3.97. The van der Waals surface area contributed by atoms with Crippen LogP contribution in [-0.4, -0.2) is 35.7 Å². The minimum atomic E-state index is -0.369. The fraction of sp³-hybridized carbons (Fsp3) is 0.227. The Balaban J connectivity index is 1.77. The lowest BCUT2D eigenvalue weighted by atomic mass is 10.0. The molecule has 2 aromatic rings. The highest BCUT2D eigenvalue weighted by atomic mass is 35.5. The maximum absolute atomic E-state index is 13.4. The van der Waals surface area contributed by atoms with Gasteiger partial charge < -0.3 is 10.2 Å². The zero-order valence-corrected chi connectivity index (χ0v) is 16.7. The Labute approximate surface area is 173 Å². The van der Waals surface area contributed by atoms with E-state index in [1.807, 2.05) is 4.90 Å². The predicted octanol–water partition coefficient (Wildman–Crippen LogP) is 3.68. The molecule has 0 spiro atoms. The highest BCUT2D eigenvalue weighted by Crippen LogP contribution is 2.36. The second-order valence-corrected chi connectivity index (χ2v) is 7.54. The molecule has 0 radical (unpaired) electrons. The van der Waals surface area contributed by atoms with Gasteiger partial charge in [0, 0.05) is 30.7 Å². The van der Waals surface area contributed by atoms with Crippen molar-refractivity contribution < 1.29 is 14.4 Å². The topological polar surface area (TPSA) is 69.7 Å². The second kappa shape index (κ2) is 7.72. The van der Waals surface area contributed by atoms with Crippen molar-refractivity contribution in [3.63, 3.8) is 0 Å². The minimum absolute atomic E-state index is 0.172. The van der Waals surface area contributed by atoms with Crippen LogP contribution in [0.3, 0.4) is 0 Å². The molecular weight excluding hydrogens is 390 g/mol. The molecule has 0 saturated carbocycles. The Morgan fingerprint density at radius 1 is 1.00 bits per heavy atom. The summed E-state index contributed by atoms with van der Waals surface area (Å²) in [6.07, 6.45) is 1.97. The first-order chi connectivity index (χ1) is 14.0. The molecule has 1 saturated heterocycles. The van der Waals surface area contributed by atoms with Gasteiger partial charge in [0.25, 0.3) is 11.8 Å². The van der Waals surface area contributed by atoms with E-state index in [-0.39, 0.29) is 17.7 Å². The first-order valence-corrected chi connectivity index (χ1v) is 9.85. The van der Waals surface area contributed by atoms with Crippen molar-refractivity contribution in [2.24, 2.45) is 0 Å². The number of imide groups is 1. The average Bonchev–Trinajstić information content (AvgIpc) is 3.28. The molecular formula is C22H20ClN3O3. The lowest BCUT2D eigenvalue weighted by Gasteiger charge is -2.20. The second-order valence-electron chi connectivity index (χ2n) is 7.10. The standard InChI is InChI=1S/C22H20ClN3O3/c1-14(27)24-17-9-7-15(8-10-17)19-20(25-11-2-3-12-25)22(29)26(21(19)28)18-6-4-5-16(23)13-18/h4-10,13H,2-3,11-12H2,1H3,(H,24,27). The van der Waals surface area contributed by atoms with Crippen LogP contribution >= 0.6 is 11.6 Å². The quantitative estimate of drug-likeness (QED) is 0.782. The number of benzene rings is 2. The zero-order chi connectivity index (χ0) is 20.5. The van der Waals surface area contributed by atoms with Crippen molar-refractivity contribution >= 4 is 46.3 Å². The van der Waals surface area contributed by atoms with E-state index in [1.165, 1.54) is 11.8 Å². The Hall–Kier alpha value is -3.12. The van der Waals surface area contributed by atoms with E-state index >= 15 is 0 Å². The van der Waals surface area contributed by atoms with Crippen LogP contribution in [0.25, 0.3) is 5.57 Å². The Morgan fingerprint density at radius 2 is 1.69 bits per heavy atom. The number of likely N-dealkylation sites (tertiary alicyclic amines) is 1. The number of carbonyl (C=O) groups excluding carboxylic acids is 3. The van der Waals surface area contributed by atoms with Gasteiger partial charge in [-0.3, -0.25) is 14.4 Å². The summed E-state index contributed by atoms with van der Waals surface area (Å²) in [5.41, 5.74) is 2.54. The van der Waals surface area contributed by atoms with Gasteiger partial charge in [-0.2, -0.15) is 0 Å². The molecule has 0 aromatic heterocycles. The Kier molecular flexibility index (Phi) is 5.11. The van der Waals surface area contributed by atoms with Crippen LogP contribution in [-0.2, 0) is 14.4 Å². The third kappa shape index (κ3) is 3.63. The molecule has 0 aliphatic carbocycles. The molecule has 6 nitrogen and oxygen atoms in total. The summed E-state index contributed by atoms with van der Waals surface area (Å²) in [7, 11) is 0. The molecule has 2 heterocycles. The smallest absolute Gasteiger partial charge is 0.282 e. The van der Waals surface area contributed by atoms with Crippen LogP contribution in [0, 0.1) is 0 Å². The summed E-state index contributed by atoms with van der Waals surface area (Å²) < 4.78 is 0. The van der Waals surface area contributed by atoms with E-state index in [9.17, 15) is 14.4 Å². The Morgan fingerprint density at radius 3 is 2.31 bits per heavy atom. The van der Waals surface area contributed by atoms with E-state index in [2.05, 4.69) is 5.32 Å². The van der Waals surface area contributed by atoms with Crippen LogP contribution < -0.4 is 10.2 Å². The lowest BCUT2D eigenvalue weighted by Crippen LogP contribution is -2.34. The third-order valence-electron chi connectivity index (χ3n) is 5.04. The van der Waals surface area contributed by atoms with E-state index in [0.29, 0.717) is 33.2 Å². The van der Waals surface area contributed by atoms with Crippen molar-refractivity contribution in [1.29, 1.82) is 0 Å². The van der Waals surface area contributed by atoms with Crippen LogP contribution in [0.5, 0.6) is 0 Å². The van der Waals surface area contributed by atoms with E-state index in [4.69, 9.17) is 11.6 Å². The number of hydrogen-bond acceptors (Lipinski definition) is 4. The average molecular weight is 410 g/mol. The largest absolute Gasteiger partial charge is 0.366 e. The van der Waals surface area contributed by atoms with E-state index in [0.717, 1.165) is 25.9 Å². The molecule has 1 N–H and O–H groups in total. The van der Waals surface area contributed by atoms with E-state index in [1.54, 1.807) is 48.5 Å². The van der Waals surface area contributed by atoms with Crippen LogP contribution in [0.1, 0.15) is 25.3 Å². The molecule has 0 atom stereocenters. The summed E-state index contributed by atoms with van der Waals surface area (Å²) in [5, 5.41) is 3.16. The van der Waals surface area contributed by atoms with Crippen molar-refractivity contribution in [1.82, 2.24) is 4.90 Å². The SMILES string of the molecule is CC(=O)Nc1ccc(C2=C(N3CCCC3)C(=O)N(c3cccc(Cl)c3)C2=O)cc1. The summed E-state index contributed by atoms with van der Waals surface area (Å²) in [6.45, 7) is 2.92. The number of nitrogens with one attached hydrogen (secondary N) is 1. The Bertz CT molecular complexity index is 1020. The van der Waals surface area contributed by atoms with Gasteiger partial charge in [0.15, 0.2) is 0 Å². The normalized spacial score (nSPS) is 16.8. The number of carbonyl (C=O) groups is 3. The lowest BCUT2D eigenvalue weighted by molar-refractivity contribution is -0.120. The molecule has 4 rings (SSSR count). The van der Waals surface area contributed by atoms with Crippen molar-refractivity contribution in [2.45, 2.75) is 19.8 Å². The van der Waals surface area contributed by atoms with Crippen molar-refractivity contribution in [3.8, 4) is 0 Å². The molecule has 7 heteroatoms. The van der Waals surface area contributed by atoms with Crippen LogP contribution in [0.15, 0.2) is 54.2 Å². The molecule has 2 aliphatic rings. The van der Waals surface area contributed by atoms with Crippen LogP contribution in [0.4, 0.5) is 11.4 Å². The summed E-state index contributed by atoms with van der Waals surface area (Å²) >= 11 is 6.09. The third-order valence-corrected chi connectivity index (χ3v) is 5.28. The monoisotopic (exact) mass is 409 g/mol. The number of amides is 3. The molecule has 0 unspecified atom stereocenters. The predicted molar refractivity (Wildman–Crippen MR) is 112 cm³/mol. The first-order valence-electron chi connectivity index (χ1n) is 9.47. The molecule has 3 amide bonds. The number of anilines is 2. The van der Waals surface area contributed by atoms with Crippen LogP contribution in [0.2, 0.25) is 5.02 Å². The van der Waals surface area contributed by atoms with Gasteiger partial charge in [-0.1, -0.05) is 29.8 Å². The van der Waals surface area contributed by atoms with Crippen molar-refractivity contribution in [3.05, 3.63) is 64.8 Å². The van der Waals surface area contributed by atoms with Crippen molar-refractivity contribution in [2.75, 3.05) is 23.3 Å². The van der Waals surface area contributed by atoms with E-state index < -0.39 is 0 Å². The number of rotatable bonds is 4. The summed E-state index contributed by atoms with van der Waals surface area (Å²) in [5.74, 6) is -0.875. The minimum Gasteiger partial charge on any atom is -0.366 e. The van der Waals surface area contributed by atoms with Gasteiger partial charge in [-0.25, -0.2) is 4.90 Å². The molecule has 2 aromatic carbocycles. The maximum atomic E-state index is 13.4. The van der Waals surface area contributed by atoms with Gasteiger partial charge >= 0.3 is 0 Å². The highest BCUT2D eigenvalue weighted by molar-refractivity contribution is 6.45. The number of halogens is 1. The molecule has 2 aliphatic heterocycles. The number of hydrogen-bond donors (Lipinski definition) is 1. The number of nitrogens with zero attached hydrogens (tertiary/aromatic N) is 2. The molecule has 29 heavy (non-hydrogen) atoms. The summed E-state index contributed by atoms with van der Waals surface area (Å²) in [6, 6.07) is 13.7. The van der Waals surface area contributed by atoms with Gasteiger partial charge in [0.2, 0.25) is 5.91 Å². The zero-order valence-electron chi connectivity index (χ0n) is 15.9. The highest BCUT2D eigenvalue weighted by Gasteiger charge is 2.43. The fourth-order valence-electron chi connectivity index (χ4n) is 3.79. The molecule has 148 valence electrons. The molecule has 1 fully saturated rings. The maximum Gasteiger partial charge on any atom is 0.282 e. The summed E-state index contributed by atoms with van der Waals surface area (Å²) in [4.78, 5) is 41.1.